The molecular weight excluding hydrogens is 342 g/mol. The molecule has 0 amide bonds. The van der Waals surface area contributed by atoms with E-state index in [1.54, 1.807) is 12.5 Å². The maximum atomic E-state index is 9.76. The summed E-state index contributed by atoms with van der Waals surface area (Å²) in [5, 5.41) is 9.76. The van der Waals surface area contributed by atoms with Crippen LogP contribution in [0.5, 0.6) is 0 Å². The van der Waals surface area contributed by atoms with Gasteiger partial charge in [-0.05, 0) is 12.5 Å². The lowest BCUT2D eigenvalue weighted by atomic mass is 10.0. The van der Waals surface area contributed by atoms with Gasteiger partial charge in [-0.25, -0.2) is 9.98 Å². The predicted molar refractivity (Wildman–Crippen MR) is 96.5 cm³/mol. The first-order valence-corrected chi connectivity index (χ1v) is 8.45. The molecule has 8 heteroatoms. The Bertz CT molecular complexity index is 917. The summed E-state index contributed by atoms with van der Waals surface area (Å²) in [5.74, 6) is 0.0418. The molecule has 2 atom stereocenters. The summed E-state index contributed by atoms with van der Waals surface area (Å²) in [6.07, 6.45) is 5.18. The number of guanidine groups is 1. The molecule has 4 heterocycles. The highest BCUT2D eigenvalue weighted by atomic mass is 35.5. The first-order valence-electron chi connectivity index (χ1n) is 8.01. The maximum absolute atomic E-state index is 9.76. The Hall–Kier alpha value is -2.38. The molecule has 2 aromatic heterocycles. The molecule has 2 aliphatic heterocycles. The van der Waals surface area contributed by atoms with E-state index in [-0.39, 0.29) is 18.5 Å². The number of fused-ring (bicyclic) bond motifs is 1. The zero-order valence-corrected chi connectivity index (χ0v) is 14.4. The Balaban J connectivity index is 1.70. The Morgan fingerprint density at radius 3 is 3.12 bits per heavy atom. The van der Waals surface area contributed by atoms with Gasteiger partial charge in [-0.2, -0.15) is 0 Å². The minimum atomic E-state index is -0.619. The second-order valence-electron chi connectivity index (χ2n) is 6.23. The number of nitrogens with zero attached hydrogens (tertiary/aromatic N) is 4. The van der Waals surface area contributed by atoms with E-state index in [0.29, 0.717) is 13.1 Å². The van der Waals surface area contributed by atoms with Crippen molar-refractivity contribution in [1.82, 2.24) is 9.88 Å². The van der Waals surface area contributed by atoms with Crippen molar-refractivity contribution < 1.29 is 9.52 Å². The second-order valence-corrected chi connectivity index (χ2v) is 6.64. The molecule has 0 radical (unpaired) electrons. The van der Waals surface area contributed by atoms with Gasteiger partial charge in [-0.1, -0.05) is 11.6 Å². The van der Waals surface area contributed by atoms with E-state index < -0.39 is 5.50 Å². The van der Waals surface area contributed by atoms with Crippen LogP contribution in [0.1, 0.15) is 11.1 Å². The van der Waals surface area contributed by atoms with Crippen molar-refractivity contribution in [2.45, 2.75) is 19.0 Å². The standard InChI is InChI=1S/C17H18ClN5O2/c1-9-10(4-20-12-2-3-25-15(9)12)6-23-7-11(8-24)14-13(23)5-21-17(19)22-16(14)18/h2-5,11,16,24H,6-8H2,1H3,(H2,19,22). The van der Waals surface area contributed by atoms with Gasteiger partial charge < -0.3 is 20.2 Å². The van der Waals surface area contributed by atoms with Gasteiger partial charge in [0.15, 0.2) is 11.1 Å². The number of aliphatic hydroxyl groups excluding tert-OH is 1. The molecule has 0 saturated heterocycles. The van der Waals surface area contributed by atoms with Gasteiger partial charge in [0.25, 0.3) is 0 Å². The summed E-state index contributed by atoms with van der Waals surface area (Å²) < 4.78 is 5.54. The molecule has 130 valence electrons. The van der Waals surface area contributed by atoms with Crippen LogP contribution in [0, 0.1) is 12.8 Å². The molecule has 0 aromatic carbocycles. The van der Waals surface area contributed by atoms with Gasteiger partial charge in [0.1, 0.15) is 5.52 Å². The highest BCUT2D eigenvalue weighted by Crippen LogP contribution is 2.35. The van der Waals surface area contributed by atoms with E-state index in [2.05, 4.69) is 19.9 Å². The quantitative estimate of drug-likeness (QED) is 0.642. The monoisotopic (exact) mass is 359 g/mol. The summed E-state index contributed by atoms with van der Waals surface area (Å²) in [5.41, 5.74) is 10.6. The van der Waals surface area contributed by atoms with E-state index in [0.717, 1.165) is 33.5 Å². The first-order chi connectivity index (χ1) is 12.1. The molecule has 2 aliphatic rings. The molecule has 0 fully saturated rings. The highest BCUT2D eigenvalue weighted by molar-refractivity contribution is 6.23. The van der Waals surface area contributed by atoms with Crippen LogP contribution in [0.2, 0.25) is 0 Å². The van der Waals surface area contributed by atoms with Crippen LogP contribution in [0.3, 0.4) is 0 Å². The number of alkyl halides is 1. The zero-order valence-electron chi connectivity index (χ0n) is 13.7. The number of aryl methyl sites for hydroxylation is 1. The summed E-state index contributed by atoms with van der Waals surface area (Å²) >= 11 is 6.38. The number of hydrogen-bond acceptors (Lipinski definition) is 7. The fourth-order valence-corrected chi connectivity index (χ4v) is 3.81. The van der Waals surface area contributed by atoms with E-state index in [1.807, 2.05) is 19.2 Å². The van der Waals surface area contributed by atoms with Gasteiger partial charge in [-0.15, -0.1) is 0 Å². The van der Waals surface area contributed by atoms with E-state index in [9.17, 15) is 5.11 Å². The fourth-order valence-electron chi connectivity index (χ4n) is 3.42. The van der Waals surface area contributed by atoms with E-state index in [1.165, 1.54) is 0 Å². The van der Waals surface area contributed by atoms with Gasteiger partial charge in [0, 0.05) is 42.4 Å². The van der Waals surface area contributed by atoms with Crippen LogP contribution in [-0.4, -0.2) is 45.8 Å². The van der Waals surface area contributed by atoms with Gasteiger partial charge >= 0.3 is 0 Å². The second kappa shape index (κ2) is 6.16. The number of aromatic nitrogens is 1. The lowest BCUT2D eigenvalue weighted by molar-refractivity contribution is 0.224. The maximum Gasteiger partial charge on any atom is 0.217 e. The molecule has 7 nitrogen and oxygen atoms in total. The molecule has 4 rings (SSSR count). The average molecular weight is 360 g/mol. The van der Waals surface area contributed by atoms with Crippen molar-refractivity contribution in [1.29, 1.82) is 0 Å². The summed E-state index contributed by atoms with van der Waals surface area (Å²) in [6, 6.07) is 1.85. The van der Waals surface area contributed by atoms with Crippen LogP contribution in [0.15, 0.2) is 44.2 Å². The minimum absolute atomic E-state index is 0.00370. The predicted octanol–water partition coefficient (Wildman–Crippen LogP) is 1.78. The molecule has 0 bridgehead atoms. The van der Waals surface area contributed by atoms with Crippen molar-refractivity contribution in [2.75, 3.05) is 13.2 Å². The van der Waals surface area contributed by atoms with E-state index in [4.69, 9.17) is 21.8 Å². The Morgan fingerprint density at radius 1 is 1.48 bits per heavy atom. The average Bonchev–Trinajstić information content (AvgIpc) is 3.16. The van der Waals surface area contributed by atoms with Crippen molar-refractivity contribution in [3.63, 3.8) is 0 Å². The van der Waals surface area contributed by atoms with Crippen LogP contribution >= 0.6 is 11.6 Å². The van der Waals surface area contributed by atoms with Crippen LogP contribution in [0.25, 0.3) is 11.1 Å². The Morgan fingerprint density at radius 2 is 2.32 bits per heavy atom. The molecule has 2 unspecified atom stereocenters. The van der Waals surface area contributed by atoms with Crippen LogP contribution < -0.4 is 5.73 Å². The van der Waals surface area contributed by atoms with E-state index >= 15 is 0 Å². The SMILES string of the molecule is Cc1c(CN2CC(CO)C3=C2C=NC(N)=NC3Cl)cnc2ccoc12. The summed E-state index contributed by atoms with van der Waals surface area (Å²) in [7, 11) is 0. The molecule has 2 aromatic rings. The third-order valence-corrected chi connectivity index (χ3v) is 5.08. The molecule has 3 N–H and O–H groups in total. The number of aliphatic imine (C=N–C) groups is 2. The molecule has 0 aliphatic carbocycles. The number of allylic oxidation sites excluding steroid dienone is 1. The first kappa shape index (κ1) is 16.1. The molecule has 0 spiro atoms. The number of pyridine rings is 1. The number of hydrogen-bond donors (Lipinski definition) is 2. The normalized spacial score (nSPS) is 23.2. The molecule has 0 saturated carbocycles. The topological polar surface area (TPSA) is 100 Å². The van der Waals surface area contributed by atoms with Crippen molar-refractivity contribution >= 4 is 34.9 Å². The Labute approximate surface area is 149 Å². The van der Waals surface area contributed by atoms with Crippen molar-refractivity contribution in [3.05, 3.63) is 40.9 Å². The van der Waals surface area contributed by atoms with Gasteiger partial charge in [-0.3, -0.25) is 4.98 Å². The number of furan rings is 1. The van der Waals surface area contributed by atoms with Crippen LogP contribution in [-0.2, 0) is 6.54 Å². The molecular formula is C17H18ClN5O2. The van der Waals surface area contributed by atoms with Crippen LogP contribution in [0.4, 0.5) is 0 Å². The number of rotatable bonds is 3. The number of halogens is 1. The lowest BCUT2D eigenvalue weighted by Crippen LogP contribution is -2.25. The van der Waals surface area contributed by atoms with Gasteiger partial charge in [0.05, 0.1) is 24.8 Å². The lowest BCUT2D eigenvalue weighted by Gasteiger charge is -2.22. The summed E-state index contributed by atoms with van der Waals surface area (Å²) in [4.78, 5) is 14.9. The third kappa shape index (κ3) is 2.69. The van der Waals surface area contributed by atoms with Gasteiger partial charge in [0.2, 0.25) is 5.96 Å². The van der Waals surface area contributed by atoms with Crippen molar-refractivity contribution in [3.8, 4) is 0 Å². The molecule has 25 heavy (non-hydrogen) atoms. The fraction of sp³-hybridized carbons (Fsp3) is 0.353. The minimum Gasteiger partial charge on any atom is -0.462 e. The zero-order chi connectivity index (χ0) is 17.6. The largest absolute Gasteiger partial charge is 0.462 e. The van der Waals surface area contributed by atoms with Crippen molar-refractivity contribution in [2.24, 2.45) is 21.6 Å². The Kier molecular flexibility index (Phi) is 3.97. The number of aliphatic hydroxyl groups is 1. The number of nitrogens with two attached hydrogens (primary N) is 1. The summed E-state index contributed by atoms with van der Waals surface area (Å²) in [6.45, 7) is 3.27. The smallest absolute Gasteiger partial charge is 0.217 e. The third-order valence-electron chi connectivity index (χ3n) is 4.75. The highest BCUT2D eigenvalue weighted by Gasteiger charge is 2.35.